The Balaban J connectivity index is 2.61. The number of amides is 1. The summed E-state index contributed by atoms with van der Waals surface area (Å²) in [7, 11) is 0. The van der Waals surface area contributed by atoms with Gasteiger partial charge in [0.1, 0.15) is 12.4 Å². The number of nitrogens with one attached hydrogen (secondary N) is 1. The van der Waals surface area contributed by atoms with E-state index in [0.29, 0.717) is 12.2 Å². The lowest BCUT2D eigenvalue weighted by Gasteiger charge is -2.13. The summed E-state index contributed by atoms with van der Waals surface area (Å²) in [4.78, 5) is 30.0. The monoisotopic (exact) mass is 255 g/mol. The summed E-state index contributed by atoms with van der Waals surface area (Å²) in [6, 6.07) is -0.879. The van der Waals surface area contributed by atoms with Crippen molar-refractivity contribution in [3.63, 3.8) is 0 Å². The second-order valence-corrected chi connectivity index (χ2v) is 4.26. The number of rotatable bonds is 6. The summed E-state index contributed by atoms with van der Waals surface area (Å²) in [6.07, 6.45) is 6.26. The van der Waals surface area contributed by atoms with Gasteiger partial charge in [0.25, 0.3) is 5.91 Å². The molecule has 2 N–H and O–H groups in total. The molecule has 0 aliphatic carbocycles. The van der Waals surface area contributed by atoms with E-state index in [4.69, 9.17) is 5.11 Å². The van der Waals surface area contributed by atoms with Crippen LogP contribution in [0, 0.1) is 0 Å². The van der Waals surface area contributed by atoms with Gasteiger partial charge in [0.2, 0.25) is 0 Å². The number of carbonyl (C=O) groups excluding carboxylic acids is 1. The van der Waals surface area contributed by atoms with E-state index >= 15 is 0 Å². The van der Waals surface area contributed by atoms with Crippen LogP contribution in [-0.4, -0.2) is 45.0 Å². The maximum Gasteiger partial charge on any atom is 0.326 e. The molecule has 1 amide bonds. The number of thioether (sulfide) groups is 1. The zero-order chi connectivity index (χ0) is 12.7. The smallest absolute Gasteiger partial charge is 0.326 e. The number of hydrogen-bond donors (Lipinski definition) is 2. The third-order valence-electron chi connectivity index (χ3n) is 2.04. The highest BCUT2D eigenvalue weighted by atomic mass is 32.2. The van der Waals surface area contributed by atoms with Crippen molar-refractivity contribution in [2.24, 2.45) is 0 Å². The van der Waals surface area contributed by atoms with Crippen LogP contribution in [0.4, 0.5) is 0 Å². The van der Waals surface area contributed by atoms with Crippen LogP contribution >= 0.6 is 11.8 Å². The Morgan fingerprint density at radius 1 is 1.47 bits per heavy atom. The molecule has 1 aromatic rings. The fraction of sp³-hybridized carbons (Fsp3) is 0.400. The first kappa shape index (κ1) is 13.4. The first-order valence-electron chi connectivity index (χ1n) is 4.92. The van der Waals surface area contributed by atoms with Crippen molar-refractivity contribution in [2.45, 2.75) is 12.5 Å². The number of hydrogen-bond acceptors (Lipinski definition) is 5. The van der Waals surface area contributed by atoms with Crippen LogP contribution in [0.25, 0.3) is 0 Å². The molecule has 0 aliphatic heterocycles. The summed E-state index contributed by atoms with van der Waals surface area (Å²) in [6.45, 7) is 0. The second-order valence-electron chi connectivity index (χ2n) is 3.27. The van der Waals surface area contributed by atoms with Crippen molar-refractivity contribution in [1.29, 1.82) is 0 Å². The van der Waals surface area contributed by atoms with Gasteiger partial charge in [0, 0.05) is 12.4 Å². The summed E-state index contributed by atoms with van der Waals surface area (Å²) < 4.78 is 0. The number of nitrogens with zero attached hydrogens (tertiary/aromatic N) is 2. The molecule has 6 nitrogen and oxygen atoms in total. The standard InChI is InChI=1S/C10H13N3O3S/c1-17-3-2-8(10(15)16)13-9(14)7-4-11-6-12-5-7/h4-6,8H,2-3H2,1H3,(H,13,14)(H,15,16)/t8-/m1/s1. The molecule has 0 aromatic carbocycles. The predicted molar refractivity (Wildman–Crippen MR) is 63.9 cm³/mol. The summed E-state index contributed by atoms with van der Waals surface area (Å²) in [5.41, 5.74) is 0.253. The van der Waals surface area contributed by atoms with Crippen LogP contribution in [0.1, 0.15) is 16.8 Å². The van der Waals surface area contributed by atoms with Crippen LogP contribution in [-0.2, 0) is 4.79 Å². The molecule has 1 atom stereocenters. The minimum atomic E-state index is -1.04. The second kappa shape index (κ2) is 6.85. The van der Waals surface area contributed by atoms with Gasteiger partial charge in [-0.3, -0.25) is 4.79 Å². The molecule has 1 rings (SSSR count). The van der Waals surface area contributed by atoms with Crippen LogP contribution in [0.15, 0.2) is 18.7 Å². The third kappa shape index (κ3) is 4.39. The van der Waals surface area contributed by atoms with Gasteiger partial charge in [0.05, 0.1) is 5.56 Å². The molecule has 1 aromatic heterocycles. The molecule has 0 spiro atoms. The first-order chi connectivity index (χ1) is 8.15. The highest BCUT2D eigenvalue weighted by Crippen LogP contribution is 2.02. The van der Waals surface area contributed by atoms with Crippen molar-refractivity contribution < 1.29 is 14.7 Å². The van der Waals surface area contributed by atoms with E-state index < -0.39 is 17.9 Å². The Hall–Kier alpha value is -1.63. The van der Waals surface area contributed by atoms with Gasteiger partial charge in [0.15, 0.2) is 0 Å². The van der Waals surface area contributed by atoms with Crippen LogP contribution in [0.3, 0.4) is 0 Å². The molecule has 0 saturated carbocycles. The number of carboxylic acids is 1. The lowest BCUT2D eigenvalue weighted by Crippen LogP contribution is -2.41. The molecule has 0 aliphatic rings. The molecule has 17 heavy (non-hydrogen) atoms. The average Bonchev–Trinajstić information content (AvgIpc) is 2.35. The molecule has 0 saturated heterocycles. The molecule has 1 heterocycles. The minimum Gasteiger partial charge on any atom is -0.480 e. The van der Waals surface area contributed by atoms with Crippen molar-refractivity contribution >= 4 is 23.6 Å². The molecule has 0 bridgehead atoms. The number of aliphatic carboxylic acids is 1. The molecule has 0 radical (unpaired) electrons. The van der Waals surface area contributed by atoms with Gasteiger partial charge in [-0.25, -0.2) is 14.8 Å². The lowest BCUT2D eigenvalue weighted by molar-refractivity contribution is -0.139. The molecular formula is C10H13N3O3S. The van der Waals surface area contributed by atoms with Crippen LogP contribution in [0.5, 0.6) is 0 Å². The Morgan fingerprint density at radius 3 is 2.65 bits per heavy atom. The zero-order valence-electron chi connectivity index (χ0n) is 9.29. The molecule has 92 valence electrons. The van der Waals surface area contributed by atoms with E-state index in [2.05, 4.69) is 15.3 Å². The largest absolute Gasteiger partial charge is 0.480 e. The number of carbonyl (C=O) groups is 2. The fourth-order valence-corrected chi connectivity index (χ4v) is 1.62. The highest BCUT2D eigenvalue weighted by Gasteiger charge is 2.20. The Kier molecular flexibility index (Phi) is 5.41. The van der Waals surface area contributed by atoms with Crippen molar-refractivity contribution in [2.75, 3.05) is 12.0 Å². The molecule has 0 fully saturated rings. The zero-order valence-corrected chi connectivity index (χ0v) is 10.1. The Morgan fingerprint density at radius 2 is 2.12 bits per heavy atom. The number of aromatic nitrogens is 2. The van der Waals surface area contributed by atoms with Crippen molar-refractivity contribution in [3.8, 4) is 0 Å². The lowest BCUT2D eigenvalue weighted by atomic mass is 10.2. The highest BCUT2D eigenvalue weighted by molar-refractivity contribution is 7.98. The van der Waals surface area contributed by atoms with Crippen molar-refractivity contribution in [1.82, 2.24) is 15.3 Å². The molecule has 7 heteroatoms. The van der Waals surface area contributed by atoms with Gasteiger partial charge < -0.3 is 10.4 Å². The molecule has 0 unspecified atom stereocenters. The SMILES string of the molecule is CSCC[C@@H](NC(=O)c1cncnc1)C(=O)O. The van der Waals surface area contributed by atoms with Crippen LogP contribution in [0.2, 0.25) is 0 Å². The van der Waals surface area contributed by atoms with Gasteiger partial charge in [-0.05, 0) is 18.4 Å². The van der Waals surface area contributed by atoms with Gasteiger partial charge >= 0.3 is 5.97 Å². The quantitative estimate of drug-likeness (QED) is 0.765. The van der Waals surface area contributed by atoms with Gasteiger partial charge in [-0.2, -0.15) is 11.8 Å². The molecular weight excluding hydrogens is 242 g/mol. The summed E-state index contributed by atoms with van der Waals surface area (Å²) in [5.74, 6) is -0.842. The first-order valence-corrected chi connectivity index (χ1v) is 6.32. The summed E-state index contributed by atoms with van der Waals surface area (Å²) in [5, 5.41) is 11.4. The maximum atomic E-state index is 11.7. The Labute approximate surface area is 103 Å². The van der Waals surface area contributed by atoms with E-state index in [1.54, 1.807) is 0 Å². The Bertz CT molecular complexity index is 386. The fourth-order valence-electron chi connectivity index (χ4n) is 1.15. The van der Waals surface area contributed by atoms with Crippen LogP contribution < -0.4 is 5.32 Å². The van der Waals surface area contributed by atoms with E-state index in [0.717, 1.165) is 0 Å². The van der Waals surface area contributed by atoms with E-state index in [9.17, 15) is 9.59 Å². The van der Waals surface area contributed by atoms with Gasteiger partial charge in [-0.15, -0.1) is 0 Å². The number of carboxylic acid groups (broad SMARTS) is 1. The predicted octanol–water partition coefficient (Wildman–Crippen LogP) is 0.413. The average molecular weight is 255 g/mol. The third-order valence-corrected chi connectivity index (χ3v) is 2.68. The topological polar surface area (TPSA) is 92.2 Å². The van der Waals surface area contributed by atoms with E-state index in [1.807, 2.05) is 6.26 Å². The van der Waals surface area contributed by atoms with Crippen molar-refractivity contribution in [3.05, 3.63) is 24.3 Å². The normalized spacial score (nSPS) is 11.8. The van der Waals surface area contributed by atoms with E-state index in [-0.39, 0.29) is 5.56 Å². The maximum absolute atomic E-state index is 11.7. The minimum absolute atomic E-state index is 0.253. The van der Waals surface area contributed by atoms with E-state index in [1.165, 1.54) is 30.5 Å². The summed E-state index contributed by atoms with van der Waals surface area (Å²) >= 11 is 1.53. The van der Waals surface area contributed by atoms with Gasteiger partial charge in [-0.1, -0.05) is 0 Å².